The number of aliphatic carboxylic acids is 1. The molecule has 1 aromatic carbocycles. The fourth-order valence-electron chi connectivity index (χ4n) is 2.40. The molecule has 1 aromatic rings. The molecule has 1 amide bonds. The monoisotopic (exact) mass is 265 g/mol. The molecule has 0 heterocycles. The number of nitrogens with one attached hydrogen (secondary N) is 1. The average Bonchev–Trinajstić information content (AvgIpc) is 2.29. The fraction of sp³-hybridized carbons (Fsp3) is 0.429. The van der Waals surface area contributed by atoms with Gasteiger partial charge >= 0.3 is 5.97 Å². The minimum Gasteiger partial charge on any atom is -0.481 e. The predicted molar refractivity (Wildman–Crippen MR) is 67.4 cm³/mol. The molecule has 0 bridgehead atoms. The maximum Gasteiger partial charge on any atom is 0.305 e. The Hall–Kier alpha value is -1.91. The molecule has 102 valence electrons. The number of hydrogen-bond donors (Lipinski definition) is 2. The van der Waals surface area contributed by atoms with Gasteiger partial charge in [0.25, 0.3) is 5.91 Å². The van der Waals surface area contributed by atoms with Crippen LogP contribution in [0.1, 0.15) is 41.6 Å². The first-order valence-corrected chi connectivity index (χ1v) is 6.23. The van der Waals surface area contributed by atoms with Crippen LogP contribution in [0.5, 0.6) is 0 Å². The van der Waals surface area contributed by atoms with E-state index in [1.807, 2.05) is 0 Å². The smallest absolute Gasteiger partial charge is 0.305 e. The van der Waals surface area contributed by atoms with E-state index in [-0.39, 0.29) is 17.5 Å². The minimum absolute atomic E-state index is 0.0902. The Bertz CT molecular complexity index is 523. The van der Waals surface area contributed by atoms with Gasteiger partial charge in [-0.15, -0.1) is 0 Å². The number of halogens is 1. The molecule has 2 rings (SSSR count). The van der Waals surface area contributed by atoms with Crippen LogP contribution in [0.2, 0.25) is 0 Å². The number of carboxylic acid groups (broad SMARTS) is 1. The van der Waals surface area contributed by atoms with Crippen molar-refractivity contribution in [2.45, 2.75) is 38.1 Å². The van der Waals surface area contributed by atoms with Crippen molar-refractivity contribution in [1.82, 2.24) is 5.32 Å². The third-order valence-corrected chi connectivity index (χ3v) is 3.69. The van der Waals surface area contributed by atoms with Gasteiger partial charge in [0.05, 0.1) is 12.0 Å². The van der Waals surface area contributed by atoms with E-state index < -0.39 is 23.2 Å². The number of amides is 1. The van der Waals surface area contributed by atoms with Crippen LogP contribution >= 0.6 is 0 Å². The van der Waals surface area contributed by atoms with Crippen LogP contribution in [-0.4, -0.2) is 22.5 Å². The van der Waals surface area contributed by atoms with Gasteiger partial charge in [-0.2, -0.15) is 0 Å². The van der Waals surface area contributed by atoms with Crippen molar-refractivity contribution in [2.75, 3.05) is 0 Å². The molecule has 0 atom stereocenters. The van der Waals surface area contributed by atoms with E-state index in [4.69, 9.17) is 5.11 Å². The largest absolute Gasteiger partial charge is 0.481 e. The van der Waals surface area contributed by atoms with E-state index in [0.717, 1.165) is 6.42 Å². The van der Waals surface area contributed by atoms with E-state index in [9.17, 15) is 14.0 Å². The lowest BCUT2D eigenvalue weighted by molar-refractivity contribution is -0.139. The lowest BCUT2D eigenvalue weighted by Crippen LogP contribution is -2.54. The maximum atomic E-state index is 13.4. The van der Waals surface area contributed by atoms with Gasteiger partial charge in [-0.1, -0.05) is 6.07 Å². The topological polar surface area (TPSA) is 66.4 Å². The highest BCUT2D eigenvalue weighted by Crippen LogP contribution is 2.35. The highest BCUT2D eigenvalue weighted by molar-refractivity contribution is 5.96. The normalized spacial score (nSPS) is 16.5. The molecule has 0 unspecified atom stereocenters. The van der Waals surface area contributed by atoms with Crippen LogP contribution in [-0.2, 0) is 4.79 Å². The first-order valence-electron chi connectivity index (χ1n) is 6.23. The van der Waals surface area contributed by atoms with Gasteiger partial charge in [-0.3, -0.25) is 9.59 Å². The molecule has 1 fully saturated rings. The maximum absolute atomic E-state index is 13.4. The van der Waals surface area contributed by atoms with E-state index in [1.54, 1.807) is 6.07 Å². The van der Waals surface area contributed by atoms with Gasteiger partial charge < -0.3 is 10.4 Å². The molecule has 0 radical (unpaired) electrons. The van der Waals surface area contributed by atoms with Crippen LogP contribution < -0.4 is 5.32 Å². The summed E-state index contributed by atoms with van der Waals surface area (Å²) in [6, 6.07) is 4.31. The molecule has 0 spiro atoms. The van der Waals surface area contributed by atoms with Crippen molar-refractivity contribution in [3.05, 3.63) is 35.1 Å². The summed E-state index contributed by atoms with van der Waals surface area (Å²) in [7, 11) is 0. The minimum atomic E-state index is -0.934. The molecule has 1 saturated carbocycles. The van der Waals surface area contributed by atoms with Gasteiger partial charge in [-0.05, 0) is 43.9 Å². The number of carboxylic acids is 1. The van der Waals surface area contributed by atoms with Gasteiger partial charge in [0.15, 0.2) is 0 Å². The van der Waals surface area contributed by atoms with Crippen LogP contribution in [0.4, 0.5) is 4.39 Å². The summed E-state index contributed by atoms with van der Waals surface area (Å²) in [6.07, 6.45) is 2.11. The highest BCUT2D eigenvalue weighted by atomic mass is 19.1. The Morgan fingerprint density at radius 1 is 1.42 bits per heavy atom. The SMILES string of the molecule is Cc1c(F)cccc1C(=O)NC1(CC(=O)O)CCC1. The molecular formula is C14H16FNO3. The van der Waals surface area contributed by atoms with Crippen molar-refractivity contribution < 1.29 is 19.1 Å². The second-order valence-electron chi connectivity index (χ2n) is 5.07. The van der Waals surface area contributed by atoms with E-state index in [2.05, 4.69) is 5.32 Å². The predicted octanol–water partition coefficient (Wildman–Crippen LogP) is 2.26. The Kier molecular flexibility index (Phi) is 3.55. The molecule has 0 saturated heterocycles. The van der Waals surface area contributed by atoms with Gasteiger partial charge in [0.1, 0.15) is 5.82 Å². The van der Waals surface area contributed by atoms with Crippen molar-refractivity contribution >= 4 is 11.9 Å². The lowest BCUT2D eigenvalue weighted by Gasteiger charge is -2.41. The Morgan fingerprint density at radius 2 is 2.11 bits per heavy atom. The fourth-order valence-corrected chi connectivity index (χ4v) is 2.40. The Labute approximate surface area is 110 Å². The van der Waals surface area contributed by atoms with Crippen LogP contribution in [0.15, 0.2) is 18.2 Å². The van der Waals surface area contributed by atoms with Crippen LogP contribution in [0.25, 0.3) is 0 Å². The summed E-state index contributed by atoms with van der Waals surface area (Å²) in [5, 5.41) is 11.6. The second kappa shape index (κ2) is 4.99. The van der Waals surface area contributed by atoms with E-state index in [1.165, 1.54) is 19.1 Å². The molecule has 19 heavy (non-hydrogen) atoms. The lowest BCUT2D eigenvalue weighted by atomic mass is 9.74. The molecule has 0 aliphatic heterocycles. The summed E-state index contributed by atoms with van der Waals surface area (Å²) in [5.41, 5.74) is -0.122. The van der Waals surface area contributed by atoms with Crippen LogP contribution in [0.3, 0.4) is 0 Å². The van der Waals surface area contributed by atoms with Gasteiger partial charge in [0.2, 0.25) is 0 Å². The standard InChI is InChI=1S/C14H16FNO3/c1-9-10(4-2-5-11(9)15)13(19)16-14(6-3-7-14)8-12(17)18/h2,4-5H,3,6-8H2,1H3,(H,16,19)(H,17,18). The highest BCUT2D eigenvalue weighted by Gasteiger charge is 2.40. The number of benzene rings is 1. The Balaban J connectivity index is 2.16. The molecule has 0 aromatic heterocycles. The van der Waals surface area contributed by atoms with Gasteiger partial charge in [-0.25, -0.2) is 4.39 Å². The van der Waals surface area contributed by atoms with Crippen molar-refractivity contribution in [3.63, 3.8) is 0 Å². The van der Waals surface area contributed by atoms with Crippen molar-refractivity contribution in [1.29, 1.82) is 0 Å². The van der Waals surface area contributed by atoms with Crippen molar-refractivity contribution in [2.24, 2.45) is 0 Å². The molecule has 1 aliphatic carbocycles. The summed E-state index contributed by atoms with van der Waals surface area (Å²) < 4.78 is 13.4. The average molecular weight is 265 g/mol. The summed E-state index contributed by atoms with van der Waals surface area (Å²) in [6.45, 7) is 1.54. The van der Waals surface area contributed by atoms with E-state index >= 15 is 0 Å². The zero-order valence-corrected chi connectivity index (χ0v) is 10.7. The quantitative estimate of drug-likeness (QED) is 0.877. The first-order chi connectivity index (χ1) is 8.93. The molecule has 1 aliphatic rings. The molecular weight excluding hydrogens is 249 g/mol. The first kappa shape index (κ1) is 13.5. The molecule has 2 N–H and O–H groups in total. The Morgan fingerprint density at radius 3 is 2.63 bits per heavy atom. The third-order valence-electron chi connectivity index (χ3n) is 3.69. The third kappa shape index (κ3) is 2.75. The molecule has 4 nitrogen and oxygen atoms in total. The number of hydrogen-bond acceptors (Lipinski definition) is 2. The number of carbonyl (C=O) groups excluding carboxylic acids is 1. The second-order valence-corrected chi connectivity index (χ2v) is 5.07. The van der Waals surface area contributed by atoms with E-state index in [0.29, 0.717) is 12.8 Å². The zero-order chi connectivity index (χ0) is 14.0. The number of rotatable bonds is 4. The zero-order valence-electron chi connectivity index (χ0n) is 10.7. The van der Waals surface area contributed by atoms with Gasteiger partial charge in [0, 0.05) is 5.56 Å². The van der Waals surface area contributed by atoms with Crippen LogP contribution in [0, 0.1) is 12.7 Å². The summed E-state index contributed by atoms with van der Waals surface area (Å²) in [4.78, 5) is 23.0. The van der Waals surface area contributed by atoms with Crippen molar-refractivity contribution in [3.8, 4) is 0 Å². The summed E-state index contributed by atoms with van der Waals surface area (Å²) in [5.74, 6) is -1.78. The number of carbonyl (C=O) groups is 2. The molecule has 5 heteroatoms. The summed E-state index contributed by atoms with van der Waals surface area (Å²) >= 11 is 0.